The summed E-state index contributed by atoms with van der Waals surface area (Å²) in [6, 6.07) is 9.74. The van der Waals surface area contributed by atoms with Crippen LogP contribution in [0.4, 0.5) is 11.4 Å². The number of aryl methyl sites for hydroxylation is 1. The van der Waals surface area contributed by atoms with Crippen LogP contribution in [0, 0.1) is 6.92 Å². The Morgan fingerprint density at radius 3 is 2.75 bits per heavy atom. The van der Waals surface area contributed by atoms with Gasteiger partial charge in [-0.25, -0.2) is 0 Å². The van der Waals surface area contributed by atoms with Gasteiger partial charge in [0.2, 0.25) is 0 Å². The standard InChI is InChI=1S/C16H21N3O/c1-11(2)20-15-8-4-7-13(16(15)17)19-10-14-12(3)6-5-9-18-14/h4-9,11,19H,10,17H2,1-3H3. The van der Waals surface area contributed by atoms with Crippen molar-refractivity contribution < 1.29 is 4.74 Å². The Balaban J connectivity index is 2.12. The number of aromatic nitrogens is 1. The zero-order valence-corrected chi connectivity index (χ0v) is 12.2. The molecule has 4 nitrogen and oxygen atoms in total. The largest absolute Gasteiger partial charge is 0.489 e. The molecular weight excluding hydrogens is 250 g/mol. The molecule has 0 bridgehead atoms. The molecule has 0 radical (unpaired) electrons. The van der Waals surface area contributed by atoms with Crippen molar-refractivity contribution >= 4 is 11.4 Å². The molecule has 0 unspecified atom stereocenters. The van der Waals surface area contributed by atoms with E-state index >= 15 is 0 Å². The first-order valence-electron chi connectivity index (χ1n) is 6.77. The van der Waals surface area contributed by atoms with Crippen LogP contribution in [-0.4, -0.2) is 11.1 Å². The van der Waals surface area contributed by atoms with Crippen molar-refractivity contribution in [2.45, 2.75) is 33.4 Å². The van der Waals surface area contributed by atoms with Gasteiger partial charge in [0.1, 0.15) is 5.75 Å². The van der Waals surface area contributed by atoms with Gasteiger partial charge in [0, 0.05) is 6.20 Å². The van der Waals surface area contributed by atoms with Gasteiger partial charge < -0.3 is 15.8 Å². The minimum Gasteiger partial charge on any atom is -0.489 e. The molecule has 1 heterocycles. The summed E-state index contributed by atoms with van der Waals surface area (Å²) < 4.78 is 5.68. The van der Waals surface area contributed by atoms with E-state index in [9.17, 15) is 0 Å². The van der Waals surface area contributed by atoms with Crippen molar-refractivity contribution in [3.63, 3.8) is 0 Å². The van der Waals surface area contributed by atoms with Crippen LogP contribution in [0.2, 0.25) is 0 Å². The van der Waals surface area contributed by atoms with Crippen molar-refractivity contribution in [3.8, 4) is 5.75 Å². The van der Waals surface area contributed by atoms with Crippen LogP contribution in [0.15, 0.2) is 36.5 Å². The maximum atomic E-state index is 6.13. The molecule has 0 aliphatic heterocycles. The Labute approximate surface area is 120 Å². The maximum absolute atomic E-state index is 6.13. The fraction of sp³-hybridized carbons (Fsp3) is 0.312. The van der Waals surface area contributed by atoms with E-state index in [2.05, 4.69) is 10.3 Å². The van der Waals surface area contributed by atoms with E-state index in [1.165, 1.54) is 0 Å². The number of nitrogens with one attached hydrogen (secondary N) is 1. The fourth-order valence-electron chi connectivity index (χ4n) is 1.94. The second-order valence-corrected chi connectivity index (χ2v) is 5.00. The van der Waals surface area contributed by atoms with Gasteiger partial charge in [-0.1, -0.05) is 12.1 Å². The first kappa shape index (κ1) is 14.2. The average Bonchev–Trinajstić information content (AvgIpc) is 2.41. The van der Waals surface area contributed by atoms with Gasteiger partial charge in [-0.15, -0.1) is 0 Å². The summed E-state index contributed by atoms with van der Waals surface area (Å²) in [5, 5.41) is 3.32. The van der Waals surface area contributed by atoms with E-state index in [-0.39, 0.29) is 6.10 Å². The van der Waals surface area contributed by atoms with Crippen molar-refractivity contribution in [1.82, 2.24) is 4.98 Å². The van der Waals surface area contributed by atoms with Crippen LogP contribution in [0.25, 0.3) is 0 Å². The number of nitrogen functional groups attached to an aromatic ring is 1. The maximum Gasteiger partial charge on any atom is 0.144 e. The lowest BCUT2D eigenvalue weighted by atomic mass is 10.2. The predicted molar refractivity (Wildman–Crippen MR) is 82.9 cm³/mol. The smallest absolute Gasteiger partial charge is 0.144 e. The monoisotopic (exact) mass is 271 g/mol. The summed E-state index contributed by atoms with van der Waals surface area (Å²) in [5.41, 5.74) is 9.80. The Morgan fingerprint density at radius 2 is 2.05 bits per heavy atom. The molecule has 1 aromatic carbocycles. The molecule has 20 heavy (non-hydrogen) atoms. The first-order chi connectivity index (χ1) is 9.58. The number of anilines is 2. The van der Waals surface area contributed by atoms with Gasteiger partial charge >= 0.3 is 0 Å². The summed E-state index contributed by atoms with van der Waals surface area (Å²) in [4.78, 5) is 4.36. The highest BCUT2D eigenvalue weighted by atomic mass is 16.5. The van der Waals surface area contributed by atoms with E-state index in [0.29, 0.717) is 18.0 Å². The number of para-hydroxylation sites is 1. The van der Waals surface area contributed by atoms with Crippen molar-refractivity contribution in [2.24, 2.45) is 0 Å². The van der Waals surface area contributed by atoms with E-state index in [1.807, 2.05) is 51.1 Å². The molecule has 0 spiro atoms. The lowest BCUT2D eigenvalue weighted by Crippen LogP contribution is -2.10. The summed E-state index contributed by atoms with van der Waals surface area (Å²) in [7, 11) is 0. The predicted octanol–water partition coefficient (Wildman–Crippen LogP) is 3.37. The Kier molecular flexibility index (Phi) is 4.45. The molecule has 3 N–H and O–H groups in total. The lowest BCUT2D eigenvalue weighted by molar-refractivity contribution is 0.244. The van der Waals surface area contributed by atoms with Crippen LogP contribution in [0.5, 0.6) is 5.75 Å². The van der Waals surface area contributed by atoms with E-state index in [4.69, 9.17) is 10.5 Å². The summed E-state index contributed by atoms with van der Waals surface area (Å²) in [6.45, 7) is 6.65. The number of hydrogen-bond acceptors (Lipinski definition) is 4. The second kappa shape index (κ2) is 6.28. The van der Waals surface area contributed by atoms with Crippen LogP contribution < -0.4 is 15.8 Å². The van der Waals surface area contributed by atoms with Crippen molar-refractivity contribution in [3.05, 3.63) is 47.8 Å². The van der Waals surface area contributed by atoms with Gasteiger partial charge in [0.15, 0.2) is 0 Å². The topological polar surface area (TPSA) is 60.2 Å². The SMILES string of the molecule is Cc1cccnc1CNc1cccc(OC(C)C)c1N. The summed E-state index contributed by atoms with van der Waals surface area (Å²) in [5.74, 6) is 0.711. The minimum absolute atomic E-state index is 0.102. The third-order valence-electron chi connectivity index (χ3n) is 2.99. The van der Waals surface area contributed by atoms with Crippen LogP contribution in [0.1, 0.15) is 25.1 Å². The molecule has 0 saturated carbocycles. The molecule has 0 saturated heterocycles. The zero-order valence-electron chi connectivity index (χ0n) is 12.2. The zero-order chi connectivity index (χ0) is 14.5. The number of hydrogen-bond donors (Lipinski definition) is 2. The van der Waals surface area contributed by atoms with Gasteiger partial charge in [-0.3, -0.25) is 4.98 Å². The normalized spacial score (nSPS) is 10.6. The molecule has 0 fully saturated rings. The van der Waals surface area contributed by atoms with Gasteiger partial charge in [-0.05, 0) is 44.5 Å². The molecule has 2 aromatic rings. The Morgan fingerprint density at radius 1 is 1.25 bits per heavy atom. The number of ether oxygens (including phenoxy) is 1. The van der Waals surface area contributed by atoms with Crippen molar-refractivity contribution in [1.29, 1.82) is 0 Å². The molecular formula is C16H21N3O. The van der Waals surface area contributed by atoms with Crippen LogP contribution in [0.3, 0.4) is 0 Å². The van der Waals surface area contributed by atoms with E-state index in [1.54, 1.807) is 6.20 Å². The van der Waals surface area contributed by atoms with Gasteiger partial charge in [-0.2, -0.15) is 0 Å². The van der Waals surface area contributed by atoms with E-state index in [0.717, 1.165) is 16.9 Å². The van der Waals surface area contributed by atoms with Crippen LogP contribution >= 0.6 is 0 Å². The lowest BCUT2D eigenvalue weighted by Gasteiger charge is -2.16. The summed E-state index contributed by atoms with van der Waals surface area (Å²) >= 11 is 0. The molecule has 106 valence electrons. The highest BCUT2D eigenvalue weighted by molar-refractivity contribution is 5.72. The molecule has 0 amide bonds. The first-order valence-corrected chi connectivity index (χ1v) is 6.77. The second-order valence-electron chi connectivity index (χ2n) is 5.00. The highest BCUT2D eigenvalue weighted by Gasteiger charge is 2.08. The highest BCUT2D eigenvalue weighted by Crippen LogP contribution is 2.30. The molecule has 4 heteroatoms. The third-order valence-corrected chi connectivity index (χ3v) is 2.99. The Bertz CT molecular complexity index is 582. The summed E-state index contributed by atoms with van der Waals surface area (Å²) in [6.07, 6.45) is 1.90. The molecule has 2 rings (SSSR count). The molecule has 0 atom stereocenters. The molecule has 0 aliphatic carbocycles. The van der Waals surface area contributed by atoms with E-state index < -0.39 is 0 Å². The number of benzene rings is 1. The average molecular weight is 271 g/mol. The third kappa shape index (κ3) is 3.41. The van der Waals surface area contributed by atoms with Crippen LogP contribution in [-0.2, 0) is 6.54 Å². The van der Waals surface area contributed by atoms with Crippen molar-refractivity contribution in [2.75, 3.05) is 11.1 Å². The quantitative estimate of drug-likeness (QED) is 0.818. The number of rotatable bonds is 5. The molecule has 0 aliphatic rings. The molecule has 1 aromatic heterocycles. The number of nitrogens with zero attached hydrogens (tertiary/aromatic N) is 1. The van der Waals surface area contributed by atoms with Gasteiger partial charge in [0.25, 0.3) is 0 Å². The Hall–Kier alpha value is -2.23. The minimum atomic E-state index is 0.102. The number of nitrogens with two attached hydrogens (primary N) is 1. The number of pyridine rings is 1. The van der Waals surface area contributed by atoms with Gasteiger partial charge in [0.05, 0.1) is 29.7 Å². The fourth-order valence-corrected chi connectivity index (χ4v) is 1.94.